The summed E-state index contributed by atoms with van der Waals surface area (Å²) < 4.78 is 19.4. The summed E-state index contributed by atoms with van der Waals surface area (Å²) in [4.78, 5) is 0. The average Bonchev–Trinajstić information content (AvgIpc) is 2.13. The van der Waals surface area contributed by atoms with E-state index < -0.39 is 5.60 Å². The molecule has 1 N–H and O–H groups in total. The lowest BCUT2D eigenvalue weighted by Crippen LogP contribution is -2.47. The molecule has 1 saturated carbocycles. The van der Waals surface area contributed by atoms with Crippen LogP contribution in [0.25, 0.3) is 0 Å². The van der Waals surface area contributed by atoms with Gasteiger partial charge in [-0.05, 0) is 38.0 Å². The van der Waals surface area contributed by atoms with Crippen molar-refractivity contribution in [3.05, 3.63) is 34.6 Å². The standard InChI is InChI=1S/C14H19FO2/c1-4-17-11-7-14(16,8-11)13-10(3)5-9(2)6-12(13)15/h5-6,11,16H,4,7-8H2,1-3H3. The molecular formula is C14H19FO2. The Morgan fingerprint density at radius 1 is 1.41 bits per heavy atom. The fraction of sp³-hybridized carbons (Fsp3) is 0.571. The lowest BCUT2D eigenvalue weighted by atomic mass is 9.71. The van der Waals surface area contributed by atoms with Crippen molar-refractivity contribution in [2.24, 2.45) is 0 Å². The van der Waals surface area contributed by atoms with Crippen molar-refractivity contribution in [1.82, 2.24) is 0 Å². The van der Waals surface area contributed by atoms with E-state index >= 15 is 0 Å². The topological polar surface area (TPSA) is 29.5 Å². The number of aryl methyl sites for hydroxylation is 2. The molecule has 0 spiro atoms. The Labute approximate surface area is 101 Å². The molecule has 0 heterocycles. The highest BCUT2D eigenvalue weighted by Gasteiger charge is 2.46. The molecule has 94 valence electrons. The minimum atomic E-state index is -1.04. The monoisotopic (exact) mass is 238 g/mol. The van der Waals surface area contributed by atoms with Crippen molar-refractivity contribution in [2.45, 2.75) is 45.3 Å². The van der Waals surface area contributed by atoms with Gasteiger partial charge in [-0.15, -0.1) is 0 Å². The third-order valence-corrected chi connectivity index (χ3v) is 3.43. The molecule has 0 unspecified atom stereocenters. The van der Waals surface area contributed by atoms with Gasteiger partial charge in [0.25, 0.3) is 0 Å². The van der Waals surface area contributed by atoms with Gasteiger partial charge in [0.05, 0.1) is 11.7 Å². The summed E-state index contributed by atoms with van der Waals surface area (Å²) in [5.74, 6) is -0.306. The maximum absolute atomic E-state index is 13.9. The molecule has 0 aliphatic heterocycles. The Hall–Kier alpha value is -0.930. The predicted molar refractivity (Wildman–Crippen MR) is 64.4 cm³/mol. The predicted octanol–water partition coefficient (Wildman–Crippen LogP) is 2.83. The second kappa shape index (κ2) is 4.39. The van der Waals surface area contributed by atoms with E-state index in [-0.39, 0.29) is 11.9 Å². The third kappa shape index (κ3) is 2.22. The van der Waals surface area contributed by atoms with Crippen molar-refractivity contribution in [2.75, 3.05) is 6.61 Å². The number of aliphatic hydroxyl groups is 1. The lowest BCUT2D eigenvalue weighted by Gasteiger charge is -2.44. The van der Waals surface area contributed by atoms with Crippen LogP contribution < -0.4 is 0 Å². The number of hydrogen-bond acceptors (Lipinski definition) is 2. The van der Waals surface area contributed by atoms with Gasteiger partial charge < -0.3 is 9.84 Å². The fourth-order valence-corrected chi connectivity index (χ4v) is 2.76. The molecule has 0 saturated heterocycles. The summed E-state index contributed by atoms with van der Waals surface area (Å²) in [6.45, 7) is 6.26. The number of hydrogen-bond donors (Lipinski definition) is 1. The van der Waals surface area contributed by atoms with Crippen molar-refractivity contribution in [3.63, 3.8) is 0 Å². The summed E-state index contributed by atoms with van der Waals surface area (Å²) >= 11 is 0. The molecule has 2 nitrogen and oxygen atoms in total. The molecule has 0 radical (unpaired) electrons. The van der Waals surface area contributed by atoms with Crippen molar-refractivity contribution in [3.8, 4) is 0 Å². The van der Waals surface area contributed by atoms with E-state index in [4.69, 9.17) is 4.74 Å². The molecule has 1 fully saturated rings. The zero-order valence-corrected chi connectivity index (χ0v) is 10.6. The van der Waals surface area contributed by atoms with Gasteiger partial charge in [0.15, 0.2) is 0 Å². The normalized spacial score (nSPS) is 27.9. The minimum absolute atomic E-state index is 0.0603. The Morgan fingerprint density at radius 2 is 2.06 bits per heavy atom. The molecule has 1 aromatic rings. The first kappa shape index (κ1) is 12.5. The van der Waals surface area contributed by atoms with Gasteiger partial charge in [0.2, 0.25) is 0 Å². The van der Waals surface area contributed by atoms with Crippen LogP contribution >= 0.6 is 0 Å². The van der Waals surface area contributed by atoms with Crippen molar-refractivity contribution < 1.29 is 14.2 Å². The van der Waals surface area contributed by atoms with Crippen LogP contribution in [0, 0.1) is 19.7 Å². The van der Waals surface area contributed by atoms with Crippen LogP contribution in [0.3, 0.4) is 0 Å². The van der Waals surface area contributed by atoms with Gasteiger partial charge in [0, 0.05) is 25.0 Å². The van der Waals surface area contributed by atoms with Gasteiger partial charge in [-0.1, -0.05) is 6.07 Å². The van der Waals surface area contributed by atoms with Crippen LogP contribution in [-0.2, 0) is 10.3 Å². The summed E-state index contributed by atoms with van der Waals surface area (Å²) in [7, 11) is 0. The Balaban J connectivity index is 2.24. The molecule has 3 heteroatoms. The van der Waals surface area contributed by atoms with Crippen LogP contribution in [0.5, 0.6) is 0 Å². The smallest absolute Gasteiger partial charge is 0.129 e. The van der Waals surface area contributed by atoms with Gasteiger partial charge in [0.1, 0.15) is 5.82 Å². The molecule has 1 aliphatic rings. The largest absolute Gasteiger partial charge is 0.385 e. The Kier molecular flexibility index (Phi) is 3.23. The second-order valence-corrected chi connectivity index (χ2v) is 4.96. The average molecular weight is 238 g/mol. The number of halogens is 1. The minimum Gasteiger partial charge on any atom is -0.385 e. The number of benzene rings is 1. The van der Waals surface area contributed by atoms with E-state index in [1.54, 1.807) is 0 Å². The van der Waals surface area contributed by atoms with E-state index in [9.17, 15) is 9.50 Å². The van der Waals surface area contributed by atoms with E-state index in [0.717, 1.165) is 11.1 Å². The molecular weight excluding hydrogens is 219 g/mol. The first-order valence-corrected chi connectivity index (χ1v) is 6.07. The highest BCUT2D eigenvalue weighted by atomic mass is 19.1. The fourth-order valence-electron chi connectivity index (χ4n) is 2.76. The van der Waals surface area contributed by atoms with E-state index in [1.807, 2.05) is 26.8 Å². The highest BCUT2D eigenvalue weighted by molar-refractivity contribution is 5.38. The van der Waals surface area contributed by atoms with Crippen LogP contribution in [0.4, 0.5) is 4.39 Å². The van der Waals surface area contributed by atoms with E-state index in [1.165, 1.54) is 6.07 Å². The zero-order chi connectivity index (χ0) is 12.6. The van der Waals surface area contributed by atoms with Crippen molar-refractivity contribution in [1.29, 1.82) is 0 Å². The first-order chi connectivity index (χ1) is 7.96. The molecule has 0 bridgehead atoms. The number of rotatable bonds is 3. The number of ether oxygens (including phenoxy) is 1. The van der Waals surface area contributed by atoms with Gasteiger partial charge in [-0.2, -0.15) is 0 Å². The van der Waals surface area contributed by atoms with Gasteiger partial charge >= 0.3 is 0 Å². The second-order valence-electron chi connectivity index (χ2n) is 4.96. The van der Waals surface area contributed by atoms with Gasteiger partial charge in [-0.25, -0.2) is 4.39 Å². The molecule has 1 aromatic carbocycles. The molecule has 0 atom stereocenters. The zero-order valence-electron chi connectivity index (χ0n) is 10.6. The molecule has 0 amide bonds. The van der Waals surface area contributed by atoms with Crippen LogP contribution in [-0.4, -0.2) is 17.8 Å². The molecule has 17 heavy (non-hydrogen) atoms. The Bertz CT molecular complexity index is 399. The summed E-state index contributed by atoms with van der Waals surface area (Å²) in [5, 5.41) is 10.4. The summed E-state index contributed by atoms with van der Waals surface area (Å²) in [6, 6.07) is 3.39. The summed E-state index contributed by atoms with van der Waals surface area (Å²) in [6.07, 6.45) is 1.04. The lowest BCUT2D eigenvalue weighted by molar-refractivity contribution is -0.144. The maximum atomic E-state index is 13.9. The van der Waals surface area contributed by atoms with Crippen LogP contribution in [0.15, 0.2) is 12.1 Å². The molecule has 2 rings (SSSR count). The van der Waals surface area contributed by atoms with Crippen molar-refractivity contribution >= 4 is 0 Å². The SMILES string of the molecule is CCOC1CC(O)(c2c(C)cc(C)cc2F)C1. The van der Waals surface area contributed by atoms with Gasteiger partial charge in [-0.3, -0.25) is 0 Å². The van der Waals surface area contributed by atoms with Crippen LogP contribution in [0.2, 0.25) is 0 Å². The van der Waals surface area contributed by atoms with E-state index in [2.05, 4.69) is 0 Å². The third-order valence-electron chi connectivity index (χ3n) is 3.43. The first-order valence-electron chi connectivity index (χ1n) is 6.07. The Morgan fingerprint density at radius 3 is 2.59 bits per heavy atom. The summed E-state index contributed by atoms with van der Waals surface area (Å²) in [5.41, 5.74) is 1.11. The molecule has 1 aliphatic carbocycles. The quantitative estimate of drug-likeness (QED) is 0.877. The highest BCUT2D eigenvalue weighted by Crippen LogP contribution is 2.45. The van der Waals surface area contributed by atoms with Crippen LogP contribution in [0.1, 0.15) is 36.5 Å². The van der Waals surface area contributed by atoms with E-state index in [0.29, 0.717) is 25.0 Å². The molecule has 0 aromatic heterocycles. The maximum Gasteiger partial charge on any atom is 0.129 e.